The molecule has 0 spiro atoms. The monoisotopic (exact) mass is 550 g/mol. The third-order valence-corrected chi connectivity index (χ3v) is 7.39. The Bertz CT molecular complexity index is 1030. The van der Waals surface area contributed by atoms with Crippen molar-refractivity contribution in [3.8, 4) is 5.75 Å². The summed E-state index contributed by atoms with van der Waals surface area (Å²) in [5, 5.41) is 37.4. The van der Waals surface area contributed by atoms with Gasteiger partial charge >= 0.3 is 0 Å². The molecule has 0 saturated carbocycles. The van der Waals surface area contributed by atoms with E-state index in [2.05, 4.69) is 29.6 Å². The minimum atomic E-state index is -3.36. The predicted octanol–water partition coefficient (Wildman–Crippen LogP) is 3.72. The van der Waals surface area contributed by atoms with E-state index in [9.17, 15) is 23.7 Å². The van der Waals surface area contributed by atoms with Crippen molar-refractivity contribution in [2.75, 3.05) is 32.1 Å². The average Bonchev–Trinajstić information content (AvgIpc) is 2.89. The number of aliphatic hydroxyl groups excluding tert-OH is 2. The SMILES string of the molecule is NS(=O)(=O)CCCCc1cccc(CCCCOCCCCCCNC[C@@H](O)c2ccc(O)c(CO)c2)c1. The van der Waals surface area contributed by atoms with Gasteiger partial charge in [-0.3, -0.25) is 0 Å². The van der Waals surface area contributed by atoms with E-state index in [0.717, 1.165) is 77.5 Å². The Morgan fingerprint density at radius 1 is 0.868 bits per heavy atom. The molecule has 1 atom stereocenters. The summed E-state index contributed by atoms with van der Waals surface area (Å²) in [5.74, 6) is 0.0860. The zero-order chi connectivity index (χ0) is 27.6. The first-order valence-electron chi connectivity index (χ1n) is 13.8. The lowest BCUT2D eigenvalue weighted by Gasteiger charge is -2.14. The highest BCUT2D eigenvalue weighted by molar-refractivity contribution is 7.89. The van der Waals surface area contributed by atoms with Crippen molar-refractivity contribution in [1.82, 2.24) is 5.32 Å². The largest absolute Gasteiger partial charge is 0.508 e. The highest BCUT2D eigenvalue weighted by atomic mass is 32.2. The molecule has 0 aliphatic heterocycles. The molecule has 0 aliphatic rings. The molecular weight excluding hydrogens is 504 g/mol. The van der Waals surface area contributed by atoms with Gasteiger partial charge in [0.2, 0.25) is 10.0 Å². The van der Waals surface area contributed by atoms with Crippen LogP contribution >= 0.6 is 0 Å². The van der Waals surface area contributed by atoms with Gasteiger partial charge in [-0.25, -0.2) is 13.6 Å². The van der Waals surface area contributed by atoms with Crippen molar-refractivity contribution in [1.29, 1.82) is 0 Å². The van der Waals surface area contributed by atoms with E-state index in [-0.39, 0.29) is 18.1 Å². The van der Waals surface area contributed by atoms with Crippen LogP contribution in [0, 0.1) is 0 Å². The summed E-state index contributed by atoms with van der Waals surface area (Å²) < 4.78 is 27.8. The second-order valence-electron chi connectivity index (χ2n) is 9.89. The minimum Gasteiger partial charge on any atom is -0.508 e. The highest BCUT2D eigenvalue weighted by Crippen LogP contribution is 2.22. The van der Waals surface area contributed by atoms with Gasteiger partial charge < -0.3 is 25.4 Å². The molecule has 2 aromatic carbocycles. The average molecular weight is 551 g/mol. The van der Waals surface area contributed by atoms with E-state index in [1.165, 1.54) is 17.2 Å². The zero-order valence-corrected chi connectivity index (χ0v) is 23.3. The first-order chi connectivity index (χ1) is 18.3. The van der Waals surface area contributed by atoms with Gasteiger partial charge in [-0.05, 0) is 86.7 Å². The number of ether oxygens (including phenoxy) is 1. The summed E-state index contributed by atoms with van der Waals surface area (Å²) in [6.07, 6.45) is 9.06. The number of benzene rings is 2. The maximum atomic E-state index is 11.0. The Balaban J connectivity index is 1.42. The van der Waals surface area contributed by atoms with E-state index in [4.69, 9.17) is 9.88 Å². The summed E-state index contributed by atoms with van der Waals surface area (Å²) in [7, 11) is -3.36. The second kappa shape index (κ2) is 18.3. The molecule has 38 heavy (non-hydrogen) atoms. The van der Waals surface area contributed by atoms with Crippen LogP contribution < -0.4 is 10.5 Å². The first kappa shape index (κ1) is 32.2. The number of rotatable bonds is 21. The number of aromatic hydroxyl groups is 1. The summed E-state index contributed by atoms with van der Waals surface area (Å²) in [4.78, 5) is 0. The van der Waals surface area contributed by atoms with E-state index in [0.29, 0.717) is 24.1 Å². The molecule has 2 rings (SSSR count). The lowest BCUT2D eigenvalue weighted by molar-refractivity contribution is 0.126. The molecule has 0 radical (unpaired) electrons. The third kappa shape index (κ3) is 14.2. The normalized spacial score (nSPS) is 12.6. The Hall–Kier alpha value is -2.01. The van der Waals surface area contributed by atoms with Gasteiger partial charge in [0.05, 0.1) is 18.5 Å². The maximum absolute atomic E-state index is 11.0. The van der Waals surface area contributed by atoms with Crippen molar-refractivity contribution in [3.63, 3.8) is 0 Å². The van der Waals surface area contributed by atoms with Crippen LogP contribution in [0.3, 0.4) is 0 Å². The fourth-order valence-corrected chi connectivity index (χ4v) is 4.92. The van der Waals surface area contributed by atoms with Crippen molar-refractivity contribution >= 4 is 10.0 Å². The Morgan fingerprint density at radius 2 is 1.53 bits per heavy atom. The number of nitrogens with two attached hydrogens (primary N) is 1. The van der Waals surface area contributed by atoms with E-state index in [1.807, 2.05) is 0 Å². The molecule has 8 nitrogen and oxygen atoms in total. The Morgan fingerprint density at radius 3 is 2.21 bits per heavy atom. The lowest BCUT2D eigenvalue weighted by atomic mass is 10.0. The third-order valence-electron chi connectivity index (χ3n) is 6.53. The van der Waals surface area contributed by atoms with Crippen LogP contribution in [0.2, 0.25) is 0 Å². The van der Waals surface area contributed by atoms with Gasteiger partial charge in [0.1, 0.15) is 5.75 Å². The van der Waals surface area contributed by atoms with Gasteiger partial charge in [0.15, 0.2) is 0 Å². The first-order valence-corrected chi connectivity index (χ1v) is 15.5. The van der Waals surface area contributed by atoms with E-state index >= 15 is 0 Å². The summed E-state index contributed by atoms with van der Waals surface area (Å²) >= 11 is 0. The lowest BCUT2D eigenvalue weighted by Crippen LogP contribution is -2.22. The number of primary sulfonamides is 1. The molecule has 0 unspecified atom stereocenters. The number of aliphatic hydroxyl groups is 2. The molecule has 0 amide bonds. The van der Waals surface area contributed by atoms with Crippen LogP contribution in [-0.2, 0) is 34.2 Å². The predicted molar refractivity (Wildman–Crippen MR) is 151 cm³/mol. The number of hydrogen-bond acceptors (Lipinski definition) is 7. The molecular formula is C29H46N2O6S. The van der Waals surface area contributed by atoms with E-state index < -0.39 is 16.1 Å². The quantitative estimate of drug-likeness (QED) is 0.149. The van der Waals surface area contributed by atoms with Crippen molar-refractivity contribution < 1.29 is 28.5 Å². The number of nitrogens with one attached hydrogen (secondary N) is 1. The van der Waals surface area contributed by atoms with Crippen molar-refractivity contribution in [3.05, 3.63) is 64.7 Å². The molecule has 0 aliphatic carbocycles. The fourth-order valence-electron chi connectivity index (χ4n) is 4.31. The van der Waals surface area contributed by atoms with Gasteiger partial charge in [-0.1, -0.05) is 43.2 Å². The van der Waals surface area contributed by atoms with Crippen LogP contribution in [0.4, 0.5) is 0 Å². The molecule has 214 valence electrons. The topological polar surface area (TPSA) is 142 Å². The number of unbranched alkanes of at least 4 members (excludes halogenated alkanes) is 5. The van der Waals surface area contributed by atoms with Crippen molar-refractivity contribution in [2.45, 2.75) is 76.9 Å². The molecule has 6 N–H and O–H groups in total. The van der Waals surface area contributed by atoms with Crippen molar-refractivity contribution in [2.24, 2.45) is 5.14 Å². The summed E-state index contributed by atoms with van der Waals surface area (Å²) in [6, 6.07) is 13.3. The maximum Gasteiger partial charge on any atom is 0.209 e. The second-order valence-corrected chi connectivity index (χ2v) is 11.6. The smallest absolute Gasteiger partial charge is 0.209 e. The van der Waals surface area contributed by atoms with Crippen LogP contribution in [0.15, 0.2) is 42.5 Å². The molecule has 0 heterocycles. The van der Waals surface area contributed by atoms with Gasteiger partial charge in [0, 0.05) is 25.3 Å². The molecule has 0 fully saturated rings. The van der Waals surface area contributed by atoms with Gasteiger partial charge in [-0.2, -0.15) is 0 Å². The minimum absolute atomic E-state index is 0.0386. The summed E-state index contributed by atoms with van der Waals surface area (Å²) in [6.45, 7) is 2.58. The Labute approximate surface area is 228 Å². The summed E-state index contributed by atoms with van der Waals surface area (Å²) in [5.41, 5.74) is 3.66. The van der Waals surface area contributed by atoms with Gasteiger partial charge in [-0.15, -0.1) is 0 Å². The van der Waals surface area contributed by atoms with Gasteiger partial charge in [0.25, 0.3) is 0 Å². The number of aryl methyl sites for hydroxylation is 2. The van der Waals surface area contributed by atoms with Crippen LogP contribution in [0.25, 0.3) is 0 Å². The number of phenols is 1. The van der Waals surface area contributed by atoms with E-state index in [1.54, 1.807) is 12.1 Å². The zero-order valence-electron chi connectivity index (χ0n) is 22.5. The number of sulfonamides is 1. The number of hydrogen-bond donors (Lipinski definition) is 5. The molecule has 9 heteroatoms. The molecule has 0 aromatic heterocycles. The van der Waals surface area contributed by atoms with Crippen LogP contribution in [0.5, 0.6) is 5.75 Å². The standard InChI is InChI=1S/C29H46N2O6S/c30-38(35,36)19-8-4-11-25-13-9-12-24(20-25)10-3-7-18-37-17-6-2-1-5-16-31-22-29(34)26-14-15-28(33)27(21-26)23-32/h9,12-15,20-21,29,31-34H,1-8,10-11,16-19,22-23H2,(H2,30,35,36)/t29-/m1/s1. The molecule has 0 saturated heterocycles. The highest BCUT2D eigenvalue weighted by Gasteiger charge is 2.10. The molecule has 0 bridgehead atoms. The fraction of sp³-hybridized carbons (Fsp3) is 0.586. The molecule has 2 aromatic rings. The Kier molecular flexibility index (Phi) is 15.5. The van der Waals surface area contributed by atoms with Crippen LogP contribution in [-0.4, -0.2) is 55.8 Å². The van der Waals surface area contributed by atoms with Crippen LogP contribution in [0.1, 0.15) is 79.7 Å².